The summed E-state index contributed by atoms with van der Waals surface area (Å²) in [6, 6.07) is 62.8. The number of nitrogens with zero attached hydrogens (tertiary/aromatic N) is 12. The van der Waals surface area contributed by atoms with Crippen LogP contribution in [0.1, 0.15) is 136 Å². The van der Waals surface area contributed by atoms with Crippen molar-refractivity contribution in [3.63, 3.8) is 0 Å². The second kappa shape index (κ2) is 40.2. The molecular formula is C115H82F8N12O13. The molecule has 0 spiro atoms. The van der Waals surface area contributed by atoms with Crippen LogP contribution < -0.4 is 0 Å². The fourth-order valence-electron chi connectivity index (χ4n) is 19.8. The molecule has 148 heavy (non-hydrogen) atoms. The van der Waals surface area contributed by atoms with E-state index in [9.17, 15) is 89.4 Å². The maximum absolute atomic E-state index is 14.8. The van der Waals surface area contributed by atoms with Crippen LogP contribution in [-0.2, 0) is 70.2 Å². The molecule has 5 aliphatic heterocycles. The Kier molecular flexibility index (Phi) is 26.3. The summed E-state index contributed by atoms with van der Waals surface area (Å²) in [5.74, 6) is -6.44. The van der Waals surface area contributed by atoms with E-state index in [2.05, 4.69) is 35.1 Å². The average Bonchev–Trinajstić information content (AvgIpc) is 1.57. The van der Waals surface area contributed by atoms with E-state index in [-0.39, 0.29) is 177 Å². The second-order valence-electron chi connectivity index (χ2n) is 35.6. The van der Waals surface area contributed by atoms with E-state index in [1.807, 2.05) is 44.2 Å². The third kappa shape index (κ3) is 18.2. The molecule has 0 saturated carbocycles. The first kappa shape index (κ1) is 96.8. The first-order valence-electron chi connectivity index (χ1n) is 46.6. The smallest absolute Gasteiger partial charge is 0.338 e. The third-order valence-electron chi connectivity index (χ3n) is 26.4. The quantitative estimate of drug-likeness (QED) is 0.0341. The van der Waals surface area contributed by atoms with Gasteiger partial charge in [-0.15, -0.1) is 0 Å². The van der Waals surface area contributed by atoms with Gasteiger partial charge in [0.15, 0.2) is 28.7 Å². The number of fused-ring (bicyclic) bond motifs is 10. The van der Waals surface area contributed by atoms with Crippen molar-refractivity contribution in [2.75, 3.05) is 6.61 Å². The third-order valence-corrected chi connectivity index (χ3v) is 26.4. The standard InChI is InChI=1S/C27H21FN2O4.C24H15F3N2O2.C23H15F2N3O2.C23H18FN3O3.C18H13FN2O2/c1-2-34-27(33)19-7-4-3-6-18(19)22-20-8-5-13-29-24(20)25(31)23-21(22)15-30(26(23)32)14-16-9-11-17(28)12-10-16;25-14-8-6-13(7-9-14)11-29-12-16-19(21-17(26)4-1-5-18(21)27)15-3-2-10-28-22(15)23(30)20(16)24(29)31;24-14-7-5-13(6-8-14)11-28-12-17-18(16-4-2-10-27-22(16)25)15-3-1-9-26-20(15)21(29)19(17)23(28)30;1-12-18(13(2)30-26-12)19-16-4-3-9-25-21(16)22(28)20-17(19)11-27(23(20)29)10-14-5-7-15(24)8-6-14;19-14-5-3-11(4-6-14)9-21-10-13-8-12-2-1-7-20-16(12)17(22)15(13)18(21)23/h3-13,31H,2,14-15H2,1H3;1-10,30H,11-12H2;1-10,29H,11-12H2;3-9,28H,10-11H2,1-2H3;1-8,22H,9-10H2. The summed E-state index contributed by atoms with van der Waals surface area (Å²) in [5, 5.41) is 61.2. The van der Waals surface area contributed by atoms with Crippen molar-refractivity contribution in [2.45, 2.75) is 86.2 Å². The van der Waals surface area contributed by atoms with Crippen molar-refractivity contribution >= 4 is 90.0 Å². The van der Waals surface area contributed by atoms with Crippen LogP contribution in [0.15, 0.2) is 284 Å². The summed E-state index contributed by atoms with van der Waals surface area (Å²) in [6.45, 7) is 8.10. The Morgan fingerprint density at radius 3 is 1.01 bits per heavy atom. The minimum atomic E-state index is -0.775. The number of phenolic OH excluding ortho intramolecular Hbond substituents is 5. The highest BCUT2D eigenvalue weighted by Gasteiger charge is 2.43. The minimum Gasteiger partial charge on any atom is -0.505 e. The van der Waals surface area contributed by atoms with Crippen molar-refractivity contribution in [3.05, 3.63) is 427 Å². The number of pyridine rings is 6. The molecule has 33 heteroatoms. The van der Waals surface area contributed by atoms with E-state index in [0.29, 0.717) is 115 Å². The molecular weight excluding hydrogens is 1910 g/mol. The number of aryl methyl sites for hydroxylation is 2. The lowest BCUT2D eigenvalue weighted by molar-refractivity contribution is 0.0525. The molecule has 0 atom stereocenters. The number of benzene rings is 12. The molecule has 12 aromatic carbocycles. The van der Waals surface area contributed by atoms with Gasteiger partial charge in [-0.3, -0.25) is 48.9 Å². The van der Waals surface area contributed by atoms with Gasteiger partial charge in [-0.05, 0) is 215 Å². The second-order valence-corrected chi connectivity index (χ2v) is 35.6. The van der Waals surface area contributed by atoms with E-state index >= 15 is 0 Å². The molecule has 7 aromatic heterocycles. The molecule has 0 bridgehead atoms. The average molecular weight is 1990 g/mol. The Bertz CT molecular complexity index is 8590. The van der Waals surface area contributed by atoms with E-state index in [1.165, 1.54) is 95.1 Å². The van der Waals surface area contributed by atoms with E-state index in [4.69, 9.17) is 9.26 Å². The van der Waals surface area contributed by atoms with Crippen LogP contribution >= 0.6 is 0 Å². The van der Waals surface area contributed by atoms with Crippen LogP contribution in [0.4, 0.5) is 35.1 Å². The topological polar surface area (TPSA) is 332 Å². The van der Waals surface area contributed by atoms with E-state index in [1.54, 1.807) is 174 Å². The Hall–Kier alpha value is -18.7. The highest BCUT2D eigenvalue weighted by Crippen LogP contribution is 2.52. The zero-order valence-corrected chi connectivity index (χ0v) is 78.7. The summed E-state index contributed by atoms with van der Waals surface area (Å²) >= 11 is 0. The lowest BCUT2D eigenvalue weighted by Crippen LogP contribution is -2.23. The van der Waals surface area contributed by atoms with Crippen LogP contribution in [0.2, 0.25) is 0 Å². The van der Waals surface area contributed by atoms with Crippen molar-refractivity contribution in [1.29, 1.82) is 0 Å². The number of ether oxygens (including phenoxy) is 1. The molecule has 19 aromatic rings. The zero-order chi connectivity index (χ0) is 103. The summed E-state index contributed by atoms with van der Waals surface area (Å²) in [7, 11) is 0. The molecule has 5 N–H and O–H groups in total. The number of rotatable bonds is 16. The molecule has 25 nitrogen and oxygen atoms in total. The first-order valence-corrected chi connectivity index (χ1v) is 46.6. The number of esters is 1. The molecule has 0 radical (unpaired) electrons. The highest BCUT2D eigenvalue weighted by molar-refractivity contribution is 6.17. The number of hydrogen-bond donors (Lipinski definition) is 5. The predicted molar refractivity (Wildman–Crippen MR) is 532 cm³/mol. The number of halogens is 8. The monoisotopic (exact) mass is 1990 g/mol. The van der Waals surface area contributed by atoms with Crippen LogP contribution in [0.5, 0.6) is 28.7 Å². The van der Waals surface area contributed by atoms with Gasteiger partial charge in [0, 0.05) is 157 Å². The molecule has 5 aliphatic rings. The fourth-order valence-corrected chi connectivity index (χ4v) is 19.8. The Morgan fingerprint density at radius 2 is 0.635 bits per heavy atom. The number of amides is 5. The molecule has 0 saturated heterocycles. The summed E-state index contributed by atoms with van der Waals surface area (Å²) < 4.78 is 121. The molecule has 0 unspecified atom stereocenters. The van der Waals surface area contributed by atoms with Gasteiger partial charge in [-0.25, -0.2) is 40.5 Å². The zero-order valence-electron chi connectivity index (χ0n) is 78.7. The lowest BCUT2D eigenvalue weighted by Gasteiger charge is -2.17. The van der Waals surface area contributed by atoms with Crippen LogP contribution in [0, 0.1) is 60.5 Å². The van der Waals surface area contributed by atoms with Gasteiger partial charge in [0.25, 0.3) is 29.5 Å². The molecule has 12 heterocycles. The molecule has 5 amide bonds. The number of phenols is 5. The van der Waals surface area contributed by atoms with Gasteiger partial charge >= 0.3 is 5.97 Å². The summed E-state index contributed by atoms with van der Waals surface area (Å²) in [5.41, 5.74) is 13.6. The van der Waals surface area contributed by atoms with Crippen molar-refractivity contribution in [3.8, 4) is 73.3 Å². The number of hydrogen-bond acceptors (Lipinski definition) is 20. The van der Waals surface area contributed by atoms with Crippen molar-refractivity contribution in [1.82, 2.24) is 59.6 Å². The lowest BCUT2D eigenvalue weighted by atomic mass is 9.89. The highest BCUT2D eigenvalue weighted by atomic mass is 19.2. The maximum Gasteiger partial charge on any atom is 0.338 e. The SMILES string of the molecule is CCOC(=O)c1ccccc1-c1c2c(c(O)c3ncccc13)C(=O)N(Cc1ccc(F)cc1)C2.Cc1noc(C)c1-c1c2c(c(O)c3ncccc13)C(=O)N(Cc1ccc(F)cc1)C2.O=C1c2c(c(-c3c(F)cccc3F)c3cccnc3c2O)CN1Cc1ccc(F)cc1.O=C1c2c(c(-c3cccnc3F)c3cccnc3c2O)CN1Cc1ccc(F)cc1.O=C1c2c(cc3cccnc3c2O)CN1Cc1ccc(F)cc1. The van der Waals surface area contributed by atoms with Crippen LogP contribution in [0.25, 0.3) is 99.0 Å². The summed E-state index contributed by atoms with van der Waals surface area (Å²) in [4.78, 5) is 111. The molecule has 736 valence electrons. The number of carbonyl (C=O) groups is 6. The maximum atomic E-state index is 14.8. The number of aromatic hydroxyl groups is 5. The van der Waals surface area contributed by atoms with Crippen molar-refractivity contribution < 1.29 is 98.7 Å². The van der Waals surface area contributed by atoms with Crippen LogP contribution in [-0.4, -0.2) is 127 Å². The van der Waals surface area contributed by atoms with Gasteiger partial charge < -0.3 is 59.3 Å². The minimum absolute atomic E-state index is 0.0223. The van der Waals surface area contributed by atoms with Crippen LogP contribution in [0.3, 0.4) is 0 Å². The normalized spacial score (nSPS) is 13.2. The van der Waals surface area contributed by atoms with Gasteiger partial charge in [0.2, 0.25) is 5.95 Å². The number of aromatic nitrogens is 7. The van der Waals surface area contributed by atoms with Crippen molar-refractivity contribution in [2.24, 2.45) is 0 Å². The Balaban J connectivity index is 0.000000113. The first-order chi connectivity index (χ1) is 71.6. The predicted octanol–water partition coefficient (Wildman–Crippen LogP) is 22.4. The van der Waals surface area contributed by atoms with E-state index < -0.39 is 35.3 Å². The number of carbonyl (C=O) groups excluding carboxylic acids is 6. The van der Waals surface area contributed by atoms with Gasteiger partial charge in [-0.2, -0.15) is 4.39 Å². The largest absolute Gasteiger partial charge is 0.505 e. The fraction of sp³-hybridized carbons (Fsp3) is 0.122. The van der Waals surface area contributed by atoms with Gasteiger partial charge in [0.05, 0.1) is 51.2 Å². The Labute approximate surface area is 836 Å². The Morgan fingerprint density at radius 1 is 0.324 bits per heavy atom. The van der Waals surface area contributed by atoms with Gasteiger partial charge in [0.1, 0.15) is 74.1 Å². The molecule has 0 fully saturated rings. The van der Waals surface area contributed by atoms with Gasteiger partial charge in [-0.1, -0.05) is 120 Å². The summed E-state index contributed by atoms with van der Waals surface area (Å²) in [6.07, 6.45) is 9.02. The molecule has 0 aliphatic carbocycles. The molecule has 24 rings (SSSR count). The van der Waals surface area contributed by atoms with E-state index in [0.717, 1.165) is 67.4 Å².